The minimum absolute atomic E-state index is 1.20. The number of rotatable bonds is 2. The molecule has 1 nitrogen and oxygen atoms in total. The minimum Gasteiger partial charge on any atom is -0.377 e. The van der Waals surface area contributed by atoms with Crippen molar-refractivity contribution >= 4 is 0 Å². The summed E-state index contributed by atoms with van der Waals surface area (Å²) in [7, 11) is 0. The Hall–Kier alpha value is -0.720. The molecule has 1 saturated heterocycles. The lowest BCUT2D eigenvalue weighted by atomic mass is 10.4. The smallest absolute Gasteiger partial charge is 0.0173 e. The third-order valence-corrected chi connectivity index (χ3v) is 1.55. The van der Waals surface area contributed by atoms with Crippen molar-refractivity contribution in [3.8, 4) is 0 Å². The first-order valence-electron chi connectivity index (χ1n) is 3.39. The van der Waals surface area contributed by atoms with Crippen LogP contribution in [0.5, 0.6) is 0 Å². The number of nitrogens with zero attached hydrogens (tertiary/aromatic N) is 1. The van der Waals surface area contributed by atoms with Gasteiger partial charge in [0, 0.05) is 13.1 Å². The Morgan fingerprint density at radius 2 is 1.89 bits per heavy atom. The van der Waals surface area contributed by atoms with Gasteiger partial charge in [-0.15, -0.1) is 0 Å². The minimum atomic E-state index is 1.20. The summed E-state index contributed by atoms with van der Waals surface area (Å²) < 4.78 is 0. The second-order valence-electron chi connectivity index (χ2n) is 2.28. The molecule has 1 aliphatic heterocycles. The molecule has 9 heavy (non-hydrogen) atoms. The van der Waals surface area contributed by atoms with Gasteiger partial charge in [-0.2, -0.15) is 0 Å². The third-order valence-electron chi connectivity index (χ3n) is 1.55. The Kier molecular flexibility index (Phi) is 2.37. The Morgan fingerprint density at radius 1 is 1.22 bits per heavy atom. The van der Waals surface area contributed by atoms with Gasteiger partial charge in [-0.1, -0.05) is 12.7 Å². The molecule has 0 aromatic carbocycles. The molecule has 0 aromatic heterocycles. The number of allylic oxidation sites excluding steroid dienone is 2. The van der Waals surface area contributed by atoms with E-state index in [4.69, 9.17) is 6.58 Å². The predicted molar refractivity (Wildman–Crippen MR) is 38.8 cm³/mol. The van der Waals surface area contributed by atoms with E-state index in [1.807, 2.05) is 12.3 Å². The van der Waals surface area contributed by atoms with Crippen LogP contribution >= 0.6 is 0 Å². The number of hydrogen-bond donors (Lipinski definition) is 0. The van der Waals surface area contributed by atoms with Crippen LogP contribution in [0.25, 0.3) is 0 Å². The van der Waals surface area contributed by atoms with Crippen molar-refractivity contribution in [2.24, 2.45) is 0 Å². The first-order valence-corrected chi connectivity index (χ1v) is 3.39. The van der Waals surface area contributed by atoms with Crippen molar-refractivity contribution in [3.05, 3.63) is 24.9 Å². The van der Waals surface area contributed by atoms with Crippen LogP contribution in [-0.4, -0.2) is 18.0 Å². The molecule has 0 bridgehead atoms. The van der Waals surface area contributed by atoms with Crippen LogP contribution in [0.4, 0.5) is 0 Å². The van der Waals surface area contributed by atoms with Gasteiger partial charge in [-0.3, -0.25) is 0 Å². The summed E-state index contributed by atoms with van der Waals surface area (Å²) in [5.41, 5.74) is 0. The molecular weight excluding hydrogens is 110 g/mol. The van der Waals surface area contributed by atoms with Crippen molar-refractivity contribution in [2.75, 3.05) is 13.1 Å². The SMILES string of the molecule is [CH]=CC=CN1CCCC1. The normalized spacial score (nSPS) is 19.3. The lowest BCUT2D eigenvalue weighted by molar-refractivity contribution is 0.468. The highest BCUT2D eigenvalue weighted by Gasteiger charge is 2.04. The Labute approximate surface area is 56.7 Å². The van der Waals surface area contributed by atoms with Gasteiger partial charge in [0.05, 0.1) is 0 Å². The van der Waals surface area contributed by atoms with Gasteiger partial charge >= 0.3 is 0 Å². The van der Waals surface area contributed by atoms with Gasteiger partial charge in [0.15, 0.2) is 0 Å². The zero-order valence-corrected chi connectivity index (χ0v) is 5.59. The van der Waals surface area contributed by atoms with E-state index < -0.39 is 0 Å². The van der Waals surface area contributed by atoms with Crippen LogP contribution in [0.15, 0.2) is 18.4 Å². The molecule has 1 heteroatoms. The molecule has 1 rings (SSSR count). The summed E-state index contributed by atoms with van der Waals surface area (Å²) in [5.74, 6) is 0. The largest absolute Gasteiger partial charge is 0.377 e. The fourth-order valence-corrected chi connectivity index (χ4v) is 1.06. The zero-order valence-electron chi connectivity index (χ0n) is 5.59. The van der Waals surface area contributed by atoms with E-state index in [2.05, 4.69) is 4.90 Å². The fraction of sp³-hybridized carbons (Fsp3) is 0.500. The first-order chi connectivity index (χ1) is 4.43. The van der Waals surface area contributed by atoms with E-state index in [9.17, 15) is 0 Å². The molecule has 0 amide bonds. The molecule has 1 radical (unpaired) electrons. The summed E-state index contributed by atoms with van der Waals surface area (Å²) in [6.45, 7) is 7.57. The Balaban J connectivity index is 2.25. The molecule has 1 fully saturated rings. The van der Waals surface area contributed by atoms with Gasteiger partial charge in [0.2, 0.25) is 0 Å². The summed E-state index contributed by atoms with van der Waals surface area (Å²) in [6, 6.07) is 0. The van der Waals surface area contributed by atoms with Crippen molar-refractivity contribution < 1.29 is 0 Å². The molecule has 1 aliphatic rings. The first kappa shape index (κ1) is 6.40. The second kappa shape index (κ2) is 3.33. The fourth-order valence-electron chi connectivity index (χ4n) is 1.06. The van der Waals surface area contributed by atoms with Crippen molar-refractivity contribution in [1.29, 1.82) is 0 Å². The maximum Gasteiger partial charge on any atom is 0.0173 e. The molecule has 1 heterocycles. The van der Waals surface area contributed by atoms with Gasteiger partial charge in [0.25, 0.3) is 0 Å². The quantitative estimate of drug-likeness (QED) is 0.503. The highest BCUT2D eigenvalue weighted by Crippen LogP contribution is 2.06. The second-order valence-corrected chi connectivity index (χ2v) is 2.28. The predicted octanol–water partition coefficient (Wildman–Crippen LogP) is 1.59. The van der Waals surface area contributed by atoms with Gasteiger partial charge < -0.3 is 4.90 Å². The van der Waals surface area contributed by atoms with Gasteiger partial charge in [-0.05, 0) is 25.1 Å². The van der Waals surface area contributed by atoms with Crippen LogP contribution < -0.4 is 0 Å². The monoisotopic (exact) mass is 122 g/mol. The van der Waals surface area contributed by atoms with E-state index >= 15 is 0 Å². The van der Waals surface area contributed by atoms with Crippen LogP contribution in [0.3, 0.4) is 0 Å². The van der Waals surface area contributed by atoms with E-state index in [1.165, 1.54) is 25.9 Å². The van der Waals surface area contributed by atoms with E-state index in [1.54, 1.807) is 6.08 Å². The lowest BCUT2D eigenvalue weighted by Crippen LogP contribution is -2.09. The number of hydrogen-bond acceptors (Lipinski definition) is 1. The van der Waals surface area contributed by atoms with Crippen molar-refractivity contribution in [1.82, 2.24) is 4.90 Å². The van der Waals surface area contributed by atoms with Crippen LogP contribution in [-0.2, 0) is 0 Å². The Morgan fingerprint density at radius 3 is 2.44 bits per heavy atom. The summed E-state index contributed by atoms with van der Waals surface area (Å²) >= 11 is 0. The summed E-state index contributed by atoms with van der Waals surface area (Å²) in [5, 5.41) is 0. The average Bonchev–Trinajstić information content (AvgIpc) is 2.34. The van der Waals surface area contributed by atoms with Gasteiger partial charge in [0.1, 0.15) is 0 Å². The average molecular weight is 122 g/mol. The molecule has 0 spiro atoms. The molecule has 49 valence electrons. The lowest BCUT2D eigenvalue weighted by Gasteiger charge is -2.08. The highest BCUT2D eigenvalue weighted by atomic mass is 15.1. The van der Waals surface area contributed by atoms with Crippen molar-refractivity contribution in [3.63, 3.8) is 0 Å². The van der Waals surface area contributed by atoms with Gasteiger partial charge in [-0.25, -0.2) is 0 Å². The van der Waals surface area contributed by atoms with Crippen LogP contribution in [0, 0.1) is 6.58 Å². The van der Waals surface area contributed by atoms with E-state index in [0.29, 0.717) is 0 Å². The molecule has 0 N–H and O–H groups in total. The topological polar surface area (TPSA) is 3.24 Å². The van der Waals surface area contributed by atoms with Crippen molar-refractivity contribution in [2.45, 2.75) is 12.8 Å². The maximum absolute atomic E-state index is 5.17. The number of likely N-dealkylation sites (tertiary alicyclic amines) is 1. The standard InChI is InChI=1S/C8H12N/c1-2-3-6-9-7-4-5-8-9/h1-3,6H,4-5,7-8H2. The highest BCUT2D eigenvalue weighted by molar-refractivity contribution is 4.96. The molecule has 0 aliphatic carbocycles. The Bertz CT molecular complexity index is 110. The maximum atomic E-state index is 5.17. The molecule has 0 saturated carbocycles. The zero-order chi connectivity index (χ0) is 6.53. The molecule has 0 aromatic rings. The molecule has 0 atom stereocenters. The van der Waals surface area contributed by atoms with Crippen LogP contribution in [0.1, 0.15) is 12.8 Å². The summed E-state index contributed by atoms with van der Waals surface area (Å²) in [4.78, 5) is 2.28. The molecule has 0 unspecified atom stereocenters. The van der Waals surface area contributed by atoms with E-state index in [0.717, 1.165) is 0 Å². The van der Waals surface area contributed by atoms with Crippen LogP contribution in [0.2, 0.25) is 0 Å². The van der Waals surface area contributed by atoms with E-state index in [-0.39, 0.29) is 0 Å². The molecular formula is C8H12N. The summed E-state index contributed by atoms with van der Waals surface area (Å²) in [6.07, 6.45) is 8.15. The third kappa shape index (κ3) is 1.92.